The van der Waals surface area contributed by atoms with Crippen molar-refractivity contribution in [3.63, 3.8) is 0 Å². The van der Waals surface area contributed by atoms with E-state index < -0.39 is 40.5 Å². The second kappa shape index (κ2) is 8.16. The molecular formula is C19H14F8I. The number of hydrogen-bond donors (Lipinski definition) is 0. The molecule has 0 aromatic heterocycles. The highest BCUT2D eigenvalue weighted by Crippen LogP contribution is 2.56. The van der Waals surface area contributed by atoms with Crippen molar-refractivity contribution in [3.05, 3.63) is 56.9 Å². The summed E-state index contributed by atoms with van der Waals surface area (Å²) < 4.78 is 109. The highest BCUT2D eigenvalue weighted by Gasteiger charge is 2.74. The van der Waals surface area contributed by atoms with Gasteiger partial charge in [-0.25, -0.2) is 8.78 Å². The largest absolute Gasteiger partial charge is 0.435 e. The van der Waals surface area contributed by atoms with Gasteiger partial charge >= 0.3 is 18.0 Å². The summed E-state index contributed by atoms with van der Waals surface area (Å²) in [7, 11) is 0. The Labute approximate surface area is 170 Å². The fraction of sp³-hybridized carbons (Fsp3) is 0.368. The molecule has 0 fully saturated rings. The first-order valence-electron chi connectivity index (χ1n) is 8.17. The number of rotatable bonds is 5. The van der Waals surface area contributed by atoms with Gasteiger partial charge in [0.2, 0.25) is 0 Å². The zero-order chi connectivity index (χ0) is 21.3. The summed E-state index contributed by atoms with van der Waals surface area (Å²) in [6.07, 6.45) is -11.4. The maximum absolute atomic E-state index is 14.9. The van der Waals surface area contributed by atoms with Crippen LogP contribution in [0, 0.1) is 15.5 Å². The van der Waals surface area contributed by atoms with Crippen molar-refractivity contribution in [2.24, 2.45) is 0 Å². The minimum Gasteiger partial charge on any atom is -0.218 e. The number of alkyl halides is 7. The van der Waals surface area contributed by atoms with Crippen molar-refractivity contribution in [3.8, 4) is 11.1 Å². The van der Waals surface area contributed by atoms with Crippen LogP contribution in [0.15, 0.2) is 30.3 Å². The predicted octanol–water partition coefficient (Wildman–Crippen LogP) is 7.53. The van der Waals surface area contributed by atoms with E-state index in [1.807, 2.05) is 0 Å². The van der Waals surface area contributed by atoms with E-state index >= 15 is 0 Å². The van der Waals surface area contributed by atoms with Crippen LogP contribution in [-0.4, -0.2) is 12.4 Å². The molecule has 2 aromatic carbocycles. The third kappa shape index (κ3) is 4.13. The minimum absolute atomic E-state index is 0.00290. The zero-order valence-electron chi connectivity index (χ0n) is 14.4. The predicted molar refractivity (Wildman–Crippen MR) is 96.9 cm³/mol. The molecule has 0 saturated carbocycles. The fourth-order valence-electron chi connectivity index (χ4n) is 2.77. The Morgan fingerprint density at radius 1 is 0.964 bits per heavy atom. The van der Waals surface area contributed by atoms with Gasteiger partial charge in [-0.3, -0.25) is 0 Å². The molecule has 1 radical (unpaired) electrons. The molecule has 28 heavy (non-hydrogen) atoms. The van der Waals surface area contributed by atoms with E-state index in [-0.39, 0.29) is 15.6 Å². The van der Waals surface area contributed by atoms with Crippen molar-refractivity contribution in [1.29, 1.82) is 0 Å². The summed E-state index contributed by atoms with van der Waals surface area (Å²) in [6, 6.07) is 7.51. The average molecular weight is 521 g/mol. The van der Waals surface area contributed by atoms with Crippen LogP contribution >= 0.6 is 22.6 Å². The van der Waals surface area contributed by atoms with E-state index in [2.05, 4.69) is 6.07 Å². The van der Waals surface area contributed by atoms with Crippen molar-refractivity contribution < 1.29 is 35.1 Å². The summed E-state index contributed by atoms with van der Waals surface area (Å²) in [5, 5.41) is 0. The van der Waals surface area contributed by atoms with Gasteiger partial charge in [0.25, 0.3) is 0 Å². The molecule has 153 valence electrons. The Balaban J connectivity index is 2.93. The maximum Gasteiger partial charge on any atom is 0.435 e. The molecule has 0 amide bonds. The van der Waals surface area contributed by atoms with Crippen LogP contribution in [0.4, 0.5) is 35.1 Å². The van der Waals surface area contributed by atoms with Crippen LogP contribution in [0.1, 0.15) is 30.9 Å². The average Bonchev–Trinajstić information content (AvgIpc) is 2.57. The van der Waals surface area contributed by atoms with E-state index in [4.69, 9.17) is 0 Å². The van der Waals surface area contributed by atoms with Gasteiger partial charge in [0.1, 0.15) is 5.82 Å². The normalized spacial score (nSPS) is 13.1. The van der Waals surface area contributed by atoms with Gasteiger partial charge in [-0.1, -0.05) is 37.6 Å². The Kier molecular flexibility index (Phi) is 6.67. The molecule has 0 saturated heterocycles. The smallest absolute Gasteiger partial charge is 0.218 e. The third-order valence-corrected chi connectivity index (χ3v) is 4.98. The Hall–Kier alpha value is -1.39. The van der Waals surface area contributed by atoms with Crippen molar-refractivity contribution in [2.45, 2.75) is 44.2 Å². The van der Waals surface area contributed by atoms with Crippen molar-refractivity contribution >= 4 is 22.6 Å². The quantitative estimate of drug-likeness (QED) is 0.282. The van der Waals surface area contributed by atoms with Gasteiger partial charge in [0, 0.05) is 26.3 Å². The molecule has 9 heteroatoms. The molecule has 2 rings (SSSR count). The van der Waals surface area contributed by atoms with Gasteiger partial charge in [-0.05, 0) is 47.1 Å². The summed E-state index contributed by atoms with van der Waals surface area (Å²) >= 11 is 1.46. The number of benzene rings is 2. The Morgan fingerprint density at radius 2 is 1.54 bits per heavy atom. The molecule has 0 nitrogen and oxygen atoms in total. The molecule has 0 aliphatic carbocycles. The number of halogens is 9. The fourth-order valence-corrected chi connectivity index (χ4v) is 3.70. The Bertz CT molecular complexity index is 825. The molecular weight excluding hydrogens is 507 g/mol. The number of aryl methyl sites for hydroxylation is 1. The second-order valence-electron chi connectivity index (χ2n) is 6.13. The molecule has 0 atom stereocenters. The van der Waals surface area contributed by atoms with E-state index in [0.717, 1.165) is 12.1 Å². The lowest BCUT2D eigenvalue weighted by atomic mass is 9.85. The number of hydrogen-bond acceptors (Lipinski definition) is 0. The first-order valence-corrected chi connectivity index (χ1v) is 9.24. The molecule has 0 bridgehead atoms. The minimum atomic E-state index is -6.29. The molecule has 0 aliphatic rings. The highest BCUT2D eigenvalue weighted by molar-refractivity contribution is 14.1. The van der Waals surface area contributed by atoms with E-state index in [1.165, 1.54) is 34.7 Å². The zero-order valence-corrected chi connectivity index (χ0v) is 16.6. The van der Waals surface area contributed by atoms with Gasteiger partial charge in [0.05, 0.1) is 0 Å². The molecule has 0 unspecified atom stereocenters. The first-order chi connectivity index (χ1) is 12.8. The van der Waals surface area contributed by atoms with Crippen molar-refractivity contribution in [2.75, 3.05) is 0 Å². The molecule has 0 N–H and O–H groups in total. The van der Waals surface area contributed by atoms with Gasteiger partial charge in [0.15, 0.2) is 0 Å². The van der Waals surface area contributed by atoms with Gasteiger partial charge in [-0.2, -0.15) is 26.3 Å². The van der Waals surface area contributed by atoms with Crippen LogP contribution in [0.25, 0.3) is 11.1 Å². The summed E-state index contributed by atoms with van der Waals surface area (Å²) in [4.78, 5) is 0. The first kappa shape index (κ1) is 22.9. The van der Waals surface area contributed by atoms with Gasteiger partial charge in [-0.15, -0.1) is 0 Å². The Morgan fingerprint density at radius 3 is 2.04 bits per heavy atom. The SMILES string of the molecule is CCCCc1[c]c(I)c(-c2ccccc2F)c(C(F)(C(F)(F)F)C(F)(F)F)c1. The van der Waals surface area contributed by atoms with E-state index in [0.29, 0.717) is 18.9 Å². The van der Waals surface area contributed by atoms with Crippen LogP contribution in [0.5, 0.6) is 0 Å². The topological polar surface area (TPSA) is 0 Å². The lowest BCUT2D eigenvalue weighted by Gasteiger charge is -2.32. The molecule has 0 heterocycles. The van der Waals surface area contributed by atoms with Crippen LogP contribution in [-0.2, 0) is 12.1 Å². The van der Waals surface area contributed by atoms with Crippen LogP contribution in [0.3, 0.4) is 0 Å². The summed E-state index contributed by atoms with van der Waals surface area (Å²) in [6.45, 7) is 1.78. The lowest BCUT2D eigenvalue weighted by molar-refractivity contribution is -0.348. The molecule has 0 aliphatic heterocycles. The summed E-state index contributed by atoms with van der Waals surface area (Å²) in [5.41, 5.74) is -8.70. The highest BCUT2D eigenvalue weighted by atomic mass is 127. The lowest BCUT2D eigenvalue weighted by Crippen LogP contribution is -2.50. The summed E-state index contributed by atoms with van der Waals surface area (Å²) in [5.74, 6) is -1.07. The standard InChI is InChI=1S/C19H14F8I/c1-2-3-6-11-9-13(17(21,18(22,23)24)19(25,26)27)16(15(28)10-11)12-7-4-5-8-14(12)20/h4-5,7-9H,2-3,6H2,1H3. The molecule has 2 aromatic rings. The monoisotopic (exact) mass is 521 g/mol. The number of unbranched alkanes of at least 4 members (excludes halogenated alkanes) is 1. The van der Waals surface area contributed by atoms with Crippen LogP contribution < -0.4 is 0 Å². The van der Waals surface area contributed by atoms with E-state index in [9.17, 15) is 35.1 Å². The second-order valence-corrected chi connectivity index (χ2v) is 7.21. The molecule has 0 spiro atoms. The van der Waals surface area contributed by atoms with Crippen molar-refractivity contribution in [1.82, 2.24) is 0 Å². The third-order valence-electron chi connectivity index (χ3n) is 4.17. The van der Waals surface area contributed by atoms with E-state index in [1.54, 1.807) is 6.92 Å². The van der Waals surface area contributed by atoms with Gasteiger partial charge < -0.3 is 0 Å². The maximum atomic E-state index is 14.9. The van der Waals surface area contributed by atoms with Crippen LogP contribution in [0.2, 0.25) is 0 Å².